The van der Waals surface area contributed by atoms with Gasteiger partial charge < -0.3 is 4.90 Å². The fraction of sp³-hybridized carbons (Fsp3) is 0.778. The average Bonchev–Trinajstić information content (AvgIpc) is 3.11. The number of aryl methyl sites for hydroxylation is 2. The number of carbonyl (C=O) groups is 1. The number of carbonyl (C=O) groups excluding carboxylic acids is 1. The topological polar surface area (TPSA) is 53.4 Å². The highest BCUT2D eigenvalue weighted by atomic mass is 16.2. The quantitative estimate of drug-likeness (QED) is 0.925. The first-order chi connectivity index (χ1) is 11.6. The fourth-order valence-electron chi connectivity index (χ4n) is 4.15. The van der Waals surface area contributed by atoms with Gasteiger partial charge in [-0.25, -0.2) is 4.79 Å². The van der Waals surface area contributed by atoms with Crippen LogP contribution in [0.3, 0.4) is 0 Å². The summed E-state index contributed by atoms with van der Waals surface area (Å²) >= 11 is 0. The fourth-order valence-corrected chi connectivity index (χ4v) is 4.15. The number of hydrogen-bond donors (Lipinski definition) is 1. The smallest absolute Gasteiger partial charge is 0.323 e. The minimum absolute atomic E-state index is 0.0111. The van der Waals surface area contributed by atoms with Crippen molar-refractivity contribution < 1.29 is 4.79 Å². The molecule has 0 radical (unpaired) electrons. The van der Waals surface area contributed by atoms with Gasteiger partial charge in [-0.15, -0.1) is 0 Å². The Morgan fingerprint density at radius 2 is 1.92 bits per heavy atom. The largest absolute Gasteiger partial charge is 0.323 e. The van der Waals surface area contributed by atoms with Gasteiger partial charge in [0.1, 0.15) is 5.82 Å². The summed E-state index contributed by atoms with van der Waals surface area (Å²) in [5, 5.41) is 7.57. The van der Waals surface area contributed by atoms with E-state index in [2.05, 4.69) is 22.2 Å². The zero-order valence-electron chi connectivity index (χ0n) is 15.3. The number of hydrogen-bond acceptors (Lipinski definition) is 3. The molecule has 1 aromatic heterocycles. The Hall–Kier alpha value is -1.56. The molecule has 1 saturated heterocycles. The van der Waals surface area contributed by atoms with Crippen LogP contribution in [0.5, 0.6) is 0 Å². The summed E-state index contributed by atoms with van der Waals surface area (Å²) in [7, 11) is 1.89. The maximum atomic E-state index is 12.7. The second-order valence-corrected chi connectivity index (χ2v) is 7.14. The van der Waals surface area contributed by atoms with Crippen LogP contribution in [-0.4, -0.2) is 57.8 Å². The molecule has 0 unspecified atom stereocenters. The van der Waals surface area contributed by atoms with Gasteiger partial charge in [0, 0.05) is 44.8 Å². The predicted octanol–water partition coefficient (Wildman–Crippen LogP) is 2.77. The molecule has 1 aliphatic heterocycles. The average molecular weight is 333 g/mol. The summed E-state index contributed by atoms with van der Waals surface area (Å²) in [5.41, 5.74) is 2.13. The van der Waals surface area contributed by atoms with Gasteiger partial charge in [-0.3, -0.25) is 14.9 Å². The van der Waals surface area contributed by atoms with Crippen LogP contribution in [0.1, 0.15) is 50.3 Å². The Morgan fingerprint density at radius 3 is 2.58 bits per heavy atom. The Balaban J connectivity index is 1.60. The molecular formula is C18H31N5O. The molecule has 2 heterocycles. The molecule has 0 bridgehead atoms. The van der Waals surface area contributed by atoms with Crippen LogP contribution in [0.2, 0.25) is 0 Å². The number of nitrogens with one attached hydrogen (secondary N) is 1. The van der Waals surface area contributed by atoms with E-state index in [0.717, 1.165) is 62.1 Å². The number of nitrogens with zero attached hydrogens (tertiary/aromatic N) is 4. The summed E-state index contributed by atoms with van der Waals surface area (Å²) in [4.78, 5) is 17.3. The third kappa shape index (κ3) is 3.58. The highest BCUT2D eigenvalue weighted by molar-refractivity contribution is 5.89. The summed E-state index contributed by atoms with van der Waals surface area (Å²) in [5.74, 6) is 0.828. The van der Waals surface area contributed by atoms with Crippen molar-refractivity contribution in [1.82, 2.24) is 19.6 Å². The second kappa shape index (κ2) is 7.55. The first kappa shape index (κ1) is 17.3. The van der Waals surface area contributed by atoms with E-state index in [-0.39, 0.29) is 6.03 Å². The Morgan fingerprint density at radius 1 is 1.17 bits per heavy atom. The molecule has 0 spiro atoms. The summed E-state index contributed by atoms with van der Waals surface area (Å²) < 4.78 is 1.79. The lowest BCUT2D eigenvalue weighted by Gasteiger charge is -2.27. The van der Waals surface area contributed by atoms with Crippen molar-refractivity contribution in [3.8, 4) is 0 Å². The molecule has 2 aliphatic rings. The second-order valence-electron chi connectivity index (χ2n) is 7.14. The Bertz CT molecular complexity index is 576. The van der Waals surface area contributed by atoms with E-state index < -0.39 is 0 Å². The number of amides is 2. The van der Waals surface area contributed by atoms with Gasteiger partial charge in [0.2, 0.25) is 0 Å². The third-order valence-corrected chi connectivity index (χ3v) is 5.60. The van der Waals surface area contributed by atoms with Crippen LogP contribution in [0.4, 0.5) is 10.6 Å². The van der Waals surface area contributed by atoms with Crippen molar-refractivity contribution in [2.75, 3.05) is 31.5 Å². The van der Waals surface area contributed by atoms with Crippen LogP contribution in [-0.2, 0) is 13.5 Å². The van der Waals surface area contributed by atoms with Gasteiger partial charge in [-0.1, -0.05) is 19.8 Å². The van der Waals surface area contributed by atoms with E-state index in [9.17, 15) is 4.79 Å². The molecule has 1 aliphatic carbocycles. The van der Waals surface area contributed by atoms with E-state index >= 15 is 0 Å². The molecule has 3 rings (SSSR count). The van der Waals surface area contributed by atoms with Crippen LogP contribution in [0.15, 0.2) is 0 Å². The molecule has 2 fully saturated rings. The van der Waals surface area contributed by atoms with E-state index in [1.54, 1.807) is 4.68 Å². The highest BCUT2D eigenvalue weighted by Gasteiger charge is 2.26. The van der Waals surface area contributed by atoms with Gasteiger partial charge in [0.25, 0.3) is 0 Å². The zero-order chi connectivity index (χ0) is 17.1. The molecule has 24 heavy (non-hydrogen) atoms. The lowest BCUT2D eigenvalue weighted by atomic mass is 10.2. The van der Waals surface area contributed by atoms with E-state index in [1.807, 2.05) is 18.9 Å². The molecule has 134 valence electrons. The molecule has 6 nitrogen and oxygen atoms in total. The zero-order valence-corrected chi connectivity index (χ0v) is 15.3. The standard InChI is InChI=1S/C18H31N5O/c1-4-16-14(2)17(21(3)20-16)19-18(24)23-11-7-10-22(12-13-23)15-8-5-6-9-15/h15H,4-13H2,1-3H3,(H,19,24). The Kier molecular flexibility index (Phi) is 5.43. The van der Waals surface area contributed by atoms with Crippen molar-refractivity contribution in [1.29, 1.82) is 0 Å². The maximum absolute atomic E-state index is 12.7. The first-order valence-electron chi connectivity index (χ1n) is 9.42. The minimum atomic E-state index is 0.0111. The van der Waals surface area contributed by atoms with Gasteiger partial charge >= 0.3 is 6.03 Å². The number of anilines is 1. The molecule has 1 saturated carbocycles. The lowest BCUT2D eigenvalue weighted by Crippen LogP contribution is -2.40. The monoisotopic (exact) mass is 333 g/mol. The molecular weight excluding hydrogens is 302 g/mol. The molecule has 1 N–H and O–H groups in total. The first-order valence-corrected chi connectivity index (χ1v) is 9.42. The number of urea groups is 1. The minimum Gasteiger partial charge on any atom is -0.323 e. The van der Waals surface area contributed by atoms with Crippen LogP contribution < -0.4 is 5.32 Å². The van der Waals surface area contributed by atoms with Crippen molar-refractivity contribution >= 4 is 11.8 Å². The SMILES string of the molecule is CCc1nn(C)c(NC(=O)N2CCCN(C3CCCC3)CC2)c1C. The number of rotatable bonds is 3. The molecule has 0 aromatic carbocycles. The van der Waals surface area contributed by atoms with Crippen LogP contribution in [0.25, 0.3) is 0 Å². The van der Waals surface area contributed by atoms with Gasteiger partial charge in [0.05, 0.1) is 5.69 Å². The maximum Gasteiger partial charge on any atom is 0.323 e. The third-order valence-electron chi connectivity index (χ3n) is 5.60. The van der Waals surface area contributed by atoms with Gasteiger partial charge in [-0.05, 0) is 32.6 Å². The molecule has 6 heteroatoms. The van der Waals surface area contributed by atoms with Gasteiger partial charge in [-0.2, -0.15) is 5.10 Å². The van der Waals surface area contributed by atoms with E-state index in [4.69, 9.17) is 0 Å². The van der Waals surface area contributed by atoms with Crippen LogP contribution >= 0.6 is 0 Å². The highest BCUT2D eigenvalue weighted by Crippen LogP contribution is 2.24. The predicted molar refractivity (Wildman–Crippen MR) is 96.4 cm³/mol. The van der Waals surface area contributed by atoms with E-state index in [0.29, 0.717) is 0 Å². The summed E-state index contributed by atoms with van der Waals surface area (Å²) in [6, 6.07) is 0.761. The van der Waals surface area contributed by atoms with Crippen molar-refractivity contribution in [2.24, 2.45) is 7.05 Å². The van der Waals surface area contributed by atoms with Crippen molar-refractivity contribution in [3.63, 3.8) is 0 Å². The lowest BCUT2D eigenvalue weighted by molar-refractivity contribution is 0.195. The normalized spacial score (nSPS) is 20.4. The van der Waals surface area contributed by atoms with Crippen LogP contribution in [0, 0.1) is 6.92 Å². The van der Waals surface area contributed by atoms with E-state index in [1.165, 1.54) is 25.7 Å². The van der Waals surface area contributed by atoms with Crippen molar-refractivity contribution in [3.05, 3.63) is 11.3 Å². The molecule has 1 aromatic rings. The molecule has 0 atom stereocenters. The summed E-state index contributed by atoms with van der Waals surface area (Å²) in [6.07, 6.45) is 7.35. The van der Waals surface area contributed by atoms with Crippen molar-refractivity contribution in [2.45, 2.75) is 58.4 Å². The summed E-state index contributed by atoms with van der Waals surface area (Å²) in [6.45, 7) is 7.91. The molecule has 2 amide bonds. The number of aromatic nitrogens is 2. The Labute approximate surface area is 145 Å². The van der Waals surface area contributed by atoms with Gasteiger partial charge in [0.15, 0.2) is 0 Å².